The minimum atomic E-state index is -4.30. The van der Waals surface area contributed by atoms with Gasteiger partial charge in [0.2, 0.25) is 0 Å². The first kappa shape index (κ1) is 21.3. The lowest BCUT2D eigenvalue weighted by molar-refractivity contribution is 0.488. The van der Waals surface area contributed by atoms with Crippen molar-refractivity contribution < 1.29 is 26.0 Å². The van der Waals surface area contributed by atoms with Crippen LogP contribution in [0.25, 0.3) is 0 Å². The van der Waals surface area contributed by atoms with E-state index in [-0.39, 0.29) is 22.1 Å². The fourth-order valence-electron chi connectivity index (χ4n) is 2.48. The van der Waals surface area contributed by atoms with Crippen LogP contribution >= 0.6 is 22.9 Å². The second-order valence-corrected chi connectivity index (χ2v) is 8.67. The second-order valence-electron chi connectivity index (χ2n) is 5.90. The van der Waals surface area contributed by atoms with Crippen LogP contribution in [0.15, 0.2) is 40.1 Å². The molecule has 29 heavy (non-hydrogen) atoms. The normalized spacial score (nSPS) is 12.6. The number of sulfonamides is 1. The highest BCUT2D eigenvalue weighted by atomic mass is 35.5. The molecule has 1 unspecified atom stereocenters. The molecule has 154 valence electrons. The number of benzene rings is 2. The Morgan fingerprint density at radius 3 is 2.38 bits per heavy atom. The Kier molecular flexibility index (Phi) is 6.01. The van der Waals surface area contributed by atoms with E-state index in [0.717, 1.165) is 23.5 Å². The van der Waals surface area contributed by atoms with Crippen molar-refractivity contribution in [2.45, 2.75) is 17.9 Å². The molecule has 3 rings (SSSR count). The zero-order valence-corrected chi connectivity index (χ0v) is 16.9. The topological polar surface area (TPSA) is 71.1 Å². The van der Waals surface area contributed by atoms with E-state index in [9.17, 15) is 26.0 Å². The molecule has 0 saturated carbocycles. The lowest BCUT2D eigenvalue weighted by Gasteiger charge is -2.18. The van der Waals surface area contributed by atoms with E-state index >= 15 is 0 Å². The maximum atomic E-state index is 14.5. The summed E-state index contributed by atoms with van der Waals surface area (Å²) >= 11 is 7.20. The summed E-state index contributed by atoms with van der Waals surface area (Å²) in [4.78, 5) is 3.04. The van der Waals surface area contributed by atoms with Crippen molar-refractivity contribution >= 4 is 44.5 Å². The lowest BCUT2D eigenvalue weighted by Crippen LogP contribution is -2.16. The quantitative estimate of drug-likeness (QED) is 0.381. The number of aromatic nitrogens is 1. The molecular weight excluding hydrogens is 454 g/mol. The van der Waals surface area contributed by atoms with Crippen molar-refractivity contribution in [3.63, 3.8) is 0 Å². The SMILES string of the molecule is CC(Nc1cc(F)c(S(=O)(=O)Nc2cscn2)cc1Cl)c1cc(F)c(F)cc1F. The van der Waals surface area contributed by atoms with Gasteiger partial charge in [0, 0.05) is 17.0 Å². The van der Waals surface area contributed by atoms with Gasteiger partial charge < -0.3 is 5.32 Å². The van der Waals surface area contributed by atoms with E-state index in [4.69, 9.17) is 11.6 Å². The summed E-state index contributed by atoms with van der Waals surface area (Å²) in [7, 11) is -4.30. The molecule has 1 heterocycles. The molecule has 12 heteroatoms. The molecule has 2 aromatic carbocycles. The van der Waals surface area contributed by atoms with E-state index in [1.54, 1.807) is 0 Å². The molecule has 1 aromatic heterocycles. The van der Waals surface area contributed by atoms with Gasteiger partial charge in [-0.05, 0) is 25.1 Å². The maximum Gasteiger partial charge on any atom is 0.266 e. The first-order valence-electron chi connectivity index (χ1n) is 7.89. The highest BCUT2D eigenvalue weighted by molar-refractivity contribution is 7.92. The minimum Gasteiger partial charge on any atom is -0.377 e. The van der Waals surface area contributed by atoms with E-state index < -0.39 is 44.2 Å². The third kappa shape index (κ3) is 4.62. The third-order valence-corrected chi connectivity index (χ3v) is 6.13. The number of hydrogen-bond acceptors (Lipinski definition) is 5. The highest BCUT2D eigenvalue weighted by Crippen LogP contribution is 2.32. The largest absolute Gasteiger partial charge is 0.377 e. The summed E-state index contributed by atoms with van der Waals surface area (Å²) in [5, 5.41) is 3.89. The van der Waals surface area contributed by atoms with Crippen LogP contribution in [-0.4, -0.2) is 13.4 Å². The van der Waals surface area contributed by atoms with Crippen molar-refractivity contribution in [2.75, 3.05) is 10.0 Å². The molecule has 0 aliphatic rings. The van der Waals surface area contributed by atoms with Crippen molar-refractivity contribution in [2.24, 2.45) is 0 Å². The molecule has 0 aliphatic carbocycles. The Hall–Kier alpha value is -2.37. The number of thiazole rings is 1. The molecule has 5 nitrogen and oxygen atoms in total. The zero-order valence-electron chi connectivity index (χ0n) is 14.5. The Morgan fingerprint density at radius 2 is 1.72 bits per heavy atom. The molecule has 0 saturated heterocycles. The summed E-state index contributed by atoms with van der Waals surface area (Å²) in [5.74, 6) is -4.70. The fourth-order valence-corrected chi connectivity index (χ4v) is 4.41. The van der Waals surface area contributed by atoms with Gasteiger partial charge in [-0.3, -0.25) is 4.72 Å². The van der Waals surface area contributed by atoms with Crippen LogP contribution in [0.2, 0.25) is 5.02 Å². The van der Waals surface area contributed by atoms with E-state index in [2.05, 4.69) is 15.0 Å². The van der Waals surface area contributed by atoms with Crippen LogP contribution < -0.4 is 10.0 Å². The average Bonchev–Trinajstić information content (AvgIpc) is 3.13. The Labute approximate surface area is 172 Å². The third-order valence-electron chi connectivity index (χ3n) is 3.86. The number of nitrogens with one attached hydrogen (secondary N) is 2. The fraction of sp³-hybridized carbons (Fsp3) is 0.118. The van der Waals surface area contributed by atoms with Crippen molar-refractivity contribution in [3.05, 3.63) is 69.0 Å². The predicted molar refractivity (Wildman–Crippen MR) is 103 cm³/mol. The van der Waals surface area contributed by atoms with Crippen LogP contribution in [0.3, 0.4) is 0 Å². The van der Waals surface area contributed by atoms with Gasteiger partial charge in [0.15, 0.2) is 17.5 Å². The number of nitrogens with zero attached hydrogens (tertiary/aromatic N) is 1. The summed E-state index contributed by atoms with van der Waals surface area (Å²) in [5.41, 5.74) is 1.11. The highest BCUT2D eigenvalue weighted by Gasteiger charge is 2.23. The summed E-state index contributed by atoms with van der Waals surface area (Å²) in [6, 6.07) is 1.82. The van der Waals surface area contributed by atoms with Crippen molar-refractivity contribution in [1.29, 1.82) is 0 Å². The minimum absolute atomic E-state index is 0.0233. The van der Waals surface area contributed by atoms with E-state index in [0.29, 0.717) is 12.1 Å². The Morgan fingerprint density at radius 1 is 1.03 bits per heavy atom. The van der Waals surface area contributed by atoms with Crippen LogP contribution in [-0.2, 0) is 10.0 Å². The van der Waals surface area contributed by atoms with E-state index in [1.807, 2.05) is 0 Å². The van der Waals surface area contributed by atoms with Crippen LogP contribution in [0, 0.1) is 23.3 Å². The van der Waals surface area contributed by atoms with Gasteiger partial charge in [-0.15, -0.1) is 11.3 Å². The van der Waals surface area contributed by atoms with Crippen molar-refractivity contribution in [1.82, 2.24) is 4.98 Å². The number of halogens is 5. The summed E-state index contributed by atoms with van der Waals surface area (Å²) in [6.45, 7) is 1.42. The first-order chi connectivity index (χ1) is 13.6. The van der Waals surface area contributed by atoms with Gasteiger partial charge in [-0.1, -0.05) is 11.6 Å². The molecule has 3 aromatic rings. The monoisotopic (exact) mass is 465 g/mol. The molecule has 0 bridgehead atoms. The first-order valence-corrected chi connectivity index (χ1v) is 10.7. The maximum absolute atomic E-state index is 14.5. The van der Waals surface area contributed by atoms with E-state index in [1.165, 1.54) is 17.8 Å². The summed E-state index contributed by atoms with van der Waals surface area (Å²) in [6.07, 6.45) is 0. The van der Waals surface area contributed by atoms with Gasteiger partial charge >= 0.3 is 0 Å². The van der Waals surface area contributed by atoms with Crippen LogP contribution in [0.5, 0.6) is 0 Å². The van der Waals surface area contributed by atoms with Gasteiger partial charge in [0.25, 0.3) is 10.0 Å². The lowest BCUT2D eigenvalue weighted by atomic mass is 10.1. The van der Waals surface area contributed by atoms with Gasteiger partial charge in [0.1, 0.15) is 16.5 Å². The number of anilines is 2. The van der Waals surface area contributed by atoms with Crippen molar-refractivity contribution in [3.8, 4) is 0 Å². The predicted octanol–water partition coefficient (Wildman–Crippen LogP) is 5.33. The molecule has 2 N–H and O–H groups in total. The second kappa shape index (κ2) is 8.17. The van der Waals surface area contributed by atoms with Gasteiger partial charge in [0.05, 0.1) is 22.3 Å². The molecule has 0 radical (unpaired) electrons. The Bertz CT molecular complexity index is 1160. The van der Waals surface area contributed by atoms with Gasteiger partial charge in [-0.25, -0.2) is 31.0 Å². The zero-order chi connectivity index (χ0) is 21.3. The number of rotatable bonds is 6. The molecular formula is C17H12ClF4N3O2S2. The van der Waals surface area contributed by atoms with Crippen LogP contribution in [0.4, 0.5) is 29.1 Å². The molecule has 1 atom stereocenters. The summed E-state index contributed by atoms with van der Waals surface area (Å²) < 4.78 is 81.7. The van der Waals surface area contributed by atoms with Gasteiger partial charge in [-0.2, -0.15) is 0 Å². The van der Waals surface area contributed by atoms with Crippen LogP contribution in [0.1, 0.15) is 18.5 Å². The average molecular weight is 466 g/mol. The molecule has 0 aliphatic heterocycles. The smallest absolute Gasteiger partial charge is 0.266 e. The molecule has 0 spiro atoms. The standard InChI is InChI=1S/C17H12ClF4N3O2S2/c1-8(9-2-12(20)13(21)4-11(9)19)24-15-5-14(22)16(3-10(15)18)29(26,27)25-17-6-28-7-23-17/h2-8,24-25H,1H3. The molecule has 0 fully saturated rings. The number of hydrogen-bond donors (Lipinski definition) is 2. The Balaban J connectivity index is 1.89. The molecule has 0 amide bonds.